The molecule has 0 spiro atoms. The van der Waals surface area contributed by atoms with Crippen molar-refractivity contribution in [3.63, 3.8) is 0 Å². The van der Waals surface area contributed by atoms with Gasteiger partial charge in [-0.3, -0.25) is 4.79 Å². The molecular formula is C18H16O3. The second kappa shape index (κ2) is 3.95. The smallest absolute Gasteiger partial charge is 0.307 e. The minimum Gasteiger partial charge on any atom is -0.481 e. The Labute approximate surface area is 122 Å². The molecule has 3 aliphatic carbocycles. The molecule has 0 aromatic heterocycles. The van der Waals surface area contributed by atoms with Crippen LogP contribution >= 0.6 is 0 Å². The molecule has 0 aliphatic heterocycles. The molecule has 2 N–H and O–H groups in total. The zero-order valence-corrected chi connectivity index (χ0v) is 11.7. The first-order valence-corrected chi connectivity index (χ1v) is 7.18. The summed E-state index contributed by atoms with van der Waals surface area (Å²) in [6.45, 7) is 1.98. The predicted molar refractivity (Wildman–Crippen MR) is 78.2 cm³/mol. The van der Waals surface area contributed by atoms with Gasteiger partial charge in [0, 0.05) is 5.92 Å². The Morgan fingerprint density at radius 2 is 1.86 bits per heavy atom. The Morgan fingerprint density at radius 3 is 2.62 bits per heavy atom. The number of carbonyl (C=O) groups is 1. The van der Waals surface area contributed by atoms with E-state index in [0.29, 0.717) is 0 Å². The lowest BCUT2D eigenvalue weighted by Gasteiger charge is -2.49. The third-order valence-corrected chi connectivity index (χ3v) is 5.03. The number of hydrogen-bond donors (Lipinski definition) is 2. The molecule has 0 saturated heterocycles. The monoisotopic (exact) mass is 280 g/mol. The van der Waals surface area contributed by atoms with Gasteiger partial charge in [-0.1, -0.05) is 42.5 Å². The van der Waals surface area contributed by atoms with Crippen molar-refractivity contribution < 1.29 is 15.0 Å². The summed E-state index contributed by atoms with van der Waals surface area (Å²) in [6.07, 6.45) is 0.252. The molecule has 0 amide bonds. The molecule has 3 nitrogen and oxygen atoms in total. The summed E-state index contributed by atoms with van der Waals surface area (Å²) >= 11 is 0. The van der Waals surface area contributed by atoms with Gasteiger partial charge in [0.1, 0.15) is 5.60 Å². The topological polar surface area (TPSA) is 57.5 Å². The van der Waals surface area contributed by atoms with Crippen molar-refractivity contribution in [3.05, 3.63) is 70.3 Å². The molecule has 3 unspecified atom stereocenters. The van der Waals surface area contributed by atoms with E-state index in [-0.39, 0.29) is 12.3 Å². The number of carboxylic acid groups (broad SMARTS) is 1. The molecule has 3 atom stereocenters. The molecule has 0 heterocycles. The van der Waals surface area contributed by atoms with Gasteiger partial charge in [-0.25, -0.2) is 0 Å². The summed E-state index contributed by atoms with van der Waals surface area (Å²) in [5.74, 6) is -1.57. The van der Waals surface area contributed by atoms with Gasteiger partial charge in [0.15, 0.2) is 0 Å². The lowest BCUT2D eigenvalue weighted by molar-refractivity contribution is -0.146. The number of hydrogen-bond acceptors (Lipinski definition) is 2. The SMILES string of the molecule is Cc1cccc2c1C1(O)CC(C(=O)O)C2c2ccccc21. The maximum Gasteiger partial charge on any atom is 0.307 e. The highest BCUT2D eigenvalue weighted by Crippen LogP contribution is 2.58. The zero-order chi connectivity index (χ0) is 14.8. The summed E-state index contributed by atoms with van der Waals surface area (Å²) in [4.78, 5) is 11.7. The summed E-state index contributed by atoms with van der Waals surface area (Å²) in [6, 6.07) is 13.6. The van der Waals surface area contributed by atoms with Crippen molar-refractivity contribution in [3.8, 4) is 0 Å². The van der Waals surface area contributed by atoms with Gasteiger partial charge in [-0.05, 0) is 41.2 Å². The maximum absolute atomic E-state index is 11.7. The standard InChI is InChI=1S/C18H16O3/c1-10-5-4-7-12-15-11-6-2-3-8-14(11)18(21,16(10)12)9-13(15)17(19)20/h2-8,13,15,21H,9H2,1H3,(H,19,20). The zero-order valence-electron chi connectivity index (χ0n) is 11.7. The molecule has 2 bridgehead atoms. The highest BCUT2D eigenvalue weighted by atomic mass is 16.4. The van der Waals surface area contributed by atoms with Gasteiger partial charge in [0.2, 0.25) is 0 Å². The van der Waals surface area contributed by atoms with Gasteiger partial charge >= 0.3 is 5.97 Å². The van der Waals surface area contributed by atoms with Crippen LogP contribution in [0.5, 0.6) is 0 Å². The Kier molecular flexibility index (Phi) is 2.37. The van der Waals surface area contributed by atoms with Crippen LogP contribution in [0.15, 0.2) is 42.5 Å². The molecule has 0 saturated carbocycles. The molecule has 3 aliphatic rings. The fraction of sp³-hybridized carbons (Fsp3) is 0.278. The lowest BCUT2D eigenvalue weighted by atomic mass is 9.56. The van der Waals surface area contributed by atoms with Gasteiger partial charge in [-0.15, -0.1) is 0 Å². The first kappa shape index (κ1) is 12.6. The van der Waals surface area contributed by atoms with E-state index in [0.717, 1.165) is 27.8 Å². The van der Waals surface area contributed by atoms with Crippen LogP contribution < -0.4 is 0 Å². The van der Waals surface area contributed by atoms with Gasteiger partial charge in [0.25, 0.3) is 0 Å². The fourth-order valence-corrected chi connectivity index (χ4v) is 4.27. The summed E-state index contributed by atoms with van der Waals surface area (Å²) < 4.78 is 0. The molecular weight excluding hydrogens is 264 g/mol. The molecule has 5 rings (SSSR count). The number of aliphatic carboxylic acids is 1. The van der Waals surface area contributed by atoms with Crippen molar-refractivity contribution in [2.45, 2.75) is 24.9 Å². The number of aliphatic hydroxyl groups is 1. The van der Waals surface area contributed by atoms with Crippen LogP contribution in [0.3, 0.4) is 0 Å². The summed E-state index contributed by atoms with van der Waals surface area (Å²) in [7, 11) is 0. The van der Waals surface area contributed by atoms with Gasteiger partial charge < -0.3 is 10.2 Å². The molecule has 2 aromatic rings. The Hall–Kier alpha value is -2.13. The molecule has 106 valence electrons. The predicted octanol–water partition coefficient (Wildman–Crippen LogP) is 2.78. The van der Waals surface area contributed by atoms with E-state index in [4.69, 9.17) is 0 Å². The minimum atomic E-state index is -1.19. The number of aryl methyl sites for hydroxylation is 1. The molecule has 2 aromatic carbocycles. The van der Waals surface area contributed by atoms with Crippen molar-refractivity contribution in [2.75, 3.05) is 0 Å². The average molecular weight is 280 g/mol. The number of rotatable bonds is 1. The van der Waals surface area contributed by atoms with Gasteiger partial charge in [-0.2, -0.15) is 0 Å². The number of carboxylic acids is 1. The Morgan fingerprint density at radius 1 is 1.14 bits per heavy atom. The van der Waals surface area contributed by atoms with Crippen molar-refractivity contribution in [1.82, 2.24) is 0 Å². The third-order valence-electron chi connectivity index (χ3n) is 5.03. The van der Waals surface area contributed by atoms with Crippen LogP contribution in [0, 0.1) is 12.8 Å². The van der Waals surface area contributed by atoms with Crippen LogP contribution in [0.1, 0.15) is 40.2 Å². The maximum atomic E-state index is 11.7. The number of fused-ring (bicyclic) bond motifs is 1. The van der Waals surface area contributed by atoms with Gasteiger partial charge in [0.05, 0.1) is 5.92 Å². The normalized spacial score (nSPS) is 28.9. The van der Waals surface area contributed by atoms with E-state index in [1.807, 2.05) is 49.4 Å². The highest BCUT2D eigenvalue weighted by Gasteiger charge is 2.54. The quantitative estimate of drug-likeness (QED) is 0.844. The molecule has 3 heteroatoms. The van der Waals surface area contributed by atoms with Crippen molar-refractivity contribution >= 4 is 5.97 Å². The Bertz CT molecular complexity index is 765. The average Bonchev–Trinajstić information content (AvgIpc) is 2.47. The second-order valence-corrected chi connectivity index (χ2v) is 6.11. The van der Waals surface area contributed by atoms with E-state index >= 15 is 0 Å². The lowest BCUT2D eigenvalue weighted by Crippen LogP contribution is -2.47. The first-order valence-electron chi connectivity index (χ1n) is 7.18. The van der Waals surface area contributed by atoms with E-state index in [9.17, 15) is 15.0 Å². The fourth-order valence-electron chi connectivity index (χ4n) is 4.27. The molecule has 0 fully saturated rings. The van der Waals surface area contributed by atoms with E-state index < -0.39 is 17.5 Å². The minimum absolute atomic E-state index is 0.164. The highest BCUT2D eigenvalue weighted by molar-refractivity contribution is 5.76. The summed E-state index contributed by atoms with van der Waals surface area (Å²) in [5, 5.41) is 20.9. The molecule has 21 heavy (non-hydrogen) atoms. The Balaban J connectivity index is 2.10. The second-order valence-electron chi connectivity index (χ2n) is 6.11. The first-order chi connectivity index (χ1) is 10.0. The van der Waals surface area contributed by atoms with Crippen LogP contribution in [0.4, 0.5) is 0 Å². The van der Waals surface area contributed by atoms with Crippen LogP contribution in [0.2, 0.25) is 0 Å². The molecule has 0 radical (unpaired) electrons. The number of benzene rings is 2. The van der Waals surface area contributed by atoms with Crippen molar-refractivity contribution in [1.29, 1.82) is 0 Å². The van der Waals surface area contributed by atoms with Crippen molar-refractivity contribution in [2.24, 2.45) is 5.92 Å². The van der Waals surface area contributed by atoms with E-state index in [1.54, 1.807) is 0 Å². The third kappa shape index (κ3) is 1.44. The van der Waals surface area contributed by atoms with Crippen LogP contribution in [-0.4, -0.2) is 16.2 Å². The van der Waals surface area contributed by atoms with E-state index in [2.05, 4.69) is 0 Å². The van der Waals surface area contributed by atoms with Crippen LogP contribution in [0.25, 0.3) is 0 Å². The van der Waals surface area contributed by atoms with Crippen LogP contribution in [-0.2, 0) is 10.4 Å². The largest absolute Gasteiger partial charge is 0.481 e. The van der Waals surface area contributed by atoms with E-state index in [1.165, 1.54) is 0 Å². The summed E-state index contributed by atoms with van der Waals surface area (Å²) in [5.41, 5.74) is 3.54.